The van der Waals surface area contributed by atoms with E-state index in [-0.39, 0.29) is 0 Å². The number of rotatable bonds is 6. The maximum Gasteiger partial charge on any atom is 0.340 e. The number of para-hydroxylation sites is 1. The van der Waals surface area contributed by atoms with E-state index in [1.807, 2.05) is 23.0 Å². The number of anilines is 2. The molecule has 0 aliphatic heterocycles. The quantitative estimate of drug-likeness (QED) is 0.619. The summed E-state index contributed by atoms with van der Waals surface area (Å²) in [6.07, 6.45) is 3.62. The van der Waals surface area contributed by atoms with Gasteiger partial charge in [0, 0.05) is 18.9 Å². The Hall–Kier alpha value is -2.50. The summed E-state index contributed by atoms with van der Waals surface area (Å²) < 4.78 is 6.78. The number of nitrogens with zero attached hydrogens (tertiary/aromatic N) is 2. The van der Waals surface area contributed by atoms with Crippen LogP contribution in [-0.2, 0) is 11.3 Å². The number of carbonyl (C=O) groups is 1. The van der Waals surface area contributed by atoms with Crippen LogP contribution in [0.2, 0.25) is 0 Å². The highest BCUT2D eigenvalue weighted by molar-refractivity contribution is 5.98. The largest absolute Gasteiger partial charge is 0.462 e. The average Bonchev–Trinajstić information content (AvgIpc) is 2.94. The predicted molar refractivity (Wildman–Crippen MR) is 77.5 cm³/mol. The van der Waals surface area contributed by atoms with Gasteiger partial charge in [0.05, 0.1) is 30.1 Å². The van der Waals surface area contributed by atoms with Crippen LogP contribution in [0, 0.1) is 0 Å². The summed E-state index contributed by atoms with van der Waals surface area (Å²) in [6, 6.07) is 7.14. The van der Waals surface area contributed by atoms with Crippen molar-refractivity contribution in [2.45, 2.75) is 13.5 Å². The van der Waals surface area contributed by atoms with Gasteiger partial charge in [0.2, 0.25) is 0 Å². The molecule has 2 rings (SSSR count). The van der Waals surface area contributed by atoms with E-state index in [0.717, 1.165) is 12.2 Å². The number of hydrogen-bond acceptors (Lipinski definition) is 5. The van der Waals surface area contributed by atoms with E-state index >= 15 is 0 Å². The summed E-state index contributed by atoms with van der Waals surface area (Å²) in [6.45, 7) is 3.48. The summed E-state index contributed by atoms with van der Waals surface area (Å²) >= 11 is 0. The normalized spacial score (nSPS) is 10.2. The van der Waals surface area contributed by atoms with Crippen LogP contribution >= 0.6 is 0 Å². The second-order valence-electron chi connectivity index (χ2n) is 4.18. The van der Waals surface area contributed by atoms with Gasteiger partial charge in [0.1, 0.15) is 0 Å². The Bertz CT molecular complexity index is 567. The molecule has 0 fully saturated rings. The van der Waals surface area contributed by atoms with E-state index in [2.05, 4.69) is 10.4 Å². The Labute approximate surface area is 117 Å². The summed E-state index contributed by atoms with van der Waals surface area (Å²) in [7, 11) is 0. The van der Waals surface area contributed by atoms with Crippen molar-refractivity contribution in [1.82, 2.24) is 9.78 Å². The summed E-state index contributed by atoms with van der Waals surface area (Å²) in [5.74, 6) is -0.402. The minimum atomic E-state index is -0.402. The van der Waals surface area contributed by atoms with Gasteiger partial charge in [0.25, 0.3) is 0 Å². The standard InChI is InChI=1S/C14H18N4O2/c1-2-20-14(19)11-5-3-6-12(13(11)15)16-8-10-18-9-4-7-17-18/h3-7,9,16H,2,8,10,15H2,1H3. The van der Waals surface area contributed by atoms with Crippen molar-refractivity contribution in [2.24, 2.45) is 0 Å². The fourth-order valence-corrected chi connectivity index (χ4v) is 1.84. The highest BCUT2D eigenvalue weighted by Gasteiger charge is 2.12. The number of benzene rings is 1. The van der Waals surface area contributed by atoms with Crippen LogP contribution in [0.5, 0.6) is 0 Å². The summed E-state index contributed by atoms with van der Waals surface area (Å²) in [4.78, 5) is 11.7. The molecule has 0 aliphatic carbocycles. The highest BCUT2D eigenvalue weighted by Crippen LogP contribution is 2.23. The number of hydrogen-bond donors (Lipinski definition) is 2. The van der Waals surface area contributed by atoms with Crippen LogP contribution in [0.4, 0.5) is 11.4 Å². The fourth-order valence-electron chi connectivity index (χ4n) is 1.84. The molecule has 0 saturated heterocycles. The molecule has 0 spiro atoms. The van der Waals surface area contributed by atoms with Crippen LogP contribution in [0.15, 0.2) is 36.7 Å². The summed E-state index contributed by atoms with van der Waals surface area (Å²) in [5, 5.41) is 7.31. The molecule has 20 heavy (non-hydrogen) atoms. The lowest BCUT2D eigenvalue weighted by Gasteiger charge is -2.12. The fraction of sp³-hybridized carbons (Fsp3) is 0.286. The van der Waals surface area contributed by atoms with Gasteiger partial charge in [0.15, 0.2) is 0 Å². The van der Waals surface area contributed by atoms with Crippen molar-refractivity contribution in [1.29, 1.82) is 0 Å². The Morgan fingerprint density at radius 1 is 1.45 bits per heavy atom. The van der Waals surface area contributed by atoms with Gasteiger partial charge < -0.3 is 15.8 Å². The van der Waals surface area contributed by atoms with Gasteiger partial charge in [-0.15, -0.1) is 0 Å². The molecule has 0 radical (unpaired) electrons. The van der Waals surface area contributed by atoms with E-state index < -0.39 is 5.97 Å². The first kappa shape index (κ1) is 13.9. The van der Waals surface area contributed by atoms with Gasteiger partial charge in [-0.3, -0.25) is 4.68 Å². The monoisotopic (exact) mass is 274 g/mol. The Balaban J connectivity index is 2.01. The van der Waals surface area contributed by atoms with Crippen molar-refractivity contribution >= 4 is 17.3 Å². The van der Waals surface area contributed by atoms with E-state index in [4.69, 9.17) is 10.5 Å². The van der Waals surface area contributed by atoms with Gasteiger partial charge >= 0.3 is 5.97 Å². The molecular formula is C14H18N4O2. The Morgan fingerprint density at radius 3 is 3.00 bits per heavy atom. The second-order valence-corrected chi connectivity index (χ2v) is 4.18. The van der Waals surface area contributed by atoms with Crippen LogP contribution in [-0.4, -0.2) is 28.9 Å². The molecule has 2 aromatic rings. The van der Waals surface area contributed by atoms with E-state index in [1.165, 1.54) is 0 Å². The maximum absolute atomic E-state index is 11.7. The smallest absolute Gasteiger partial charge is 0.340 e. The zero-order valence-electron chi connectivity index (χ0n) is 11.4. The third-order valence-electron chi connectivity index (χ3n) is 2.82. The van der Waals surface area contributed by atoms with Crippen molar-refractivity contribution in [2.75, 3.05) is 24.2 Å². The minimum absolute atomic E-state index is 0.329. The number of aromatic nitrogens is 2. The Kier molecular flexibility index (Phi) is 4.60. The summed E-state index contributed by atoms with van der Waals surface area (Å²) in [5.41, 5.74) is 7.51. The molecule has 1 heterocycles. The average molecular weight is 274 g/mol. The first-order valence-corrected chi connectivity index (χ1v) is 6.49. The third kappa shape index (κ3) is 3.28. The zero-order chi connectivity index (χ0) is 14.4. The number of ether oxygens (including phenoxy) is 1. The van der Waals surface area contributed by atoms with Crippen molar-refractivity contribution in [3.63, 3.8) is 0 Å². The molecular weight excluding hydrogens is 256 g/mol. The minimum Gasteiger partial charge on any atom is -0.462 e. The molecule has 0 saturated carbocycles. The van der Waals surface area contributed by atoms with Crippen LogP contribution < -0.4 is 11.1 Å². The molecule has 6 nitrogen and oxygen atoms in total. The molecule has 1 aromatic heterocycles. The first-order valence-electron chi connectivity index (χ1n) is 6.49. The molecule has 6 heteroatoms. The molecule has 1 aromatic carbocycles. The topological polar surface area (TPSA) is 82.2 Å². The highest BCUT2D eigenvalue weighted by atomic mass is 16.5. The number of carbonyl (C=O) groups excluding carboxylic acids is 1. The number of nitrogens with one attached hydrogen (secondary N) is 1. The van der Waals surface area contributed by atoms with Gasteiger partial charge in [-0.2, -0.15) is 5.10 Å². The van der Waals surface area contributed by atoms with Crippen molar-refractivity contribution in [3.8, 4) is 0 Å². The van der Waals surface area contributed by atoms with Gasteiger partial charge in [-0.05, 0) is 25.1 Å². The molecule has 0 unspecified atom stereocenters. The third-order valence-corrected chi connectivity index (χ3v) is 2.82. The molecule has 3 N–H and O–H groups in total. The number of nitrogens with two attached hydrogens (primary N) is 1. The Morgan fingerprint density at radius 2 is 2.30 bits per heavy atom. The van der Waals surface area contributed by atoms with Crippen LogP contribution in [0.1, 0.15) is 17.3 Å². The lowest BCUT2D eigenvalue weighted by Crippen LogP contribution is -2.14. The molecule has 0 bridgehead atoms. The van der Waals surface area contributed by atoms with Crippen LogP contribution in [0.3, 0.4) is 0 Å². The lowest BCUT2D eigenvalue weighted by atomic mass is 10.1. The first-order chi connectivity index (χ1) is 9.72. The SMILES string of the molecule is CCOC(=O)c1cccc(NCCn2cccn2)c1N. The zero-order valence-corrected chi connectivity index (χ0v) is 11.4. The molecule has 0 aliphatic rings. The van der Waals surface area contributed by atoms with Crippen molar-refractivity contribution < 1.29 is 9.53 Å². The lowest BCUT2D eigenvalue weighted by molar-refractivity contribution is 0.0527. The second kappa shape index (κ2) is 6.60. The molecule has 0 atom stereocenters. The van der Waals surface area contributed by atoms with Gasteiger partial charge in [-0.1, -0.05) is 6.07 Å². The van der Waals surface area contributed by atoms with Crippen LogP contribution in [0.25, 0.3) is 0 Å². The molecule has 106 valence electrons. The molecule has 0 amide bonds. The number of esters is 1. The number of nitrogen functional groups attached to an aromatic ring is 1. The van der Waals surface area contributed by atoms with E-state index in [0.29, 0.717) is 24.4 Å². The van der Waals surface area contributed by atoms with E-state index in [9.17, 15) is 4.79 Å². The van der Waals surface area contributed by atoms with E-state index in [1.54, 1.807) is 25.3 Å². The van der Waals surface area contributed by atoms with Crippen molar-refractivity contribution in [3.05, 3.63) is 42.2 Å². The predicted octanol–water partition coefficient (Wildman–Crippen LogP) is 1.75. The van der Waals surface area contributed by atoms with Gasteiger partial charge in [-0.25, -0.2) is 4.79 Å². The maximum atomic E-state index is 11.7.